The van der Waals surface area contributed by atoms with E-state index in [9.17, 15) is 14.7 Å². The third kappa shape index (κ3) is 3.17. The fourth-order valence-electron chi connectivity index (χ4n) is 4.02. The van der Waals surface area contributed by atoms with Crippen molar-refractivity contribution in [3.63, 3.8) is 0 Å². The molecule has 6 heteroatoms. The minimum atomic E-state index is -0.589. The van der Waals surface area contributed by atoms with E-state index in [2.05, 4.69) is 9.97 Å². The molecule has 23 heavy (non-hydrogen) atoms. The SMILES string of the molecule is Cc1nc(C)c(CC(=O)N2CC[C@@]3(O)CCCC[C@H]3C2)c(=O)[nH]1. The van der Waals surface area contributed by atoms with Crippen molar-refractivity contribution in [2.45, 2.75) is 58.0 Å². The van der Waals surface area contributed by atoms with Crippen LogP contribution in [0.2, 0.25) is 0 Å². The molecule has 0 spiro atoms. The van der Waals surface area contributed by atoms with Crippen LogP contribution in [0.1, 0.15) is 49.2 Å². The summed E-state index contributed by atoms with van der Waals surface area (Å²) in [7, 11) is 0. The number of nitrogens with one attached hydrogen (secondary N) is 1. The first-order chi connectivity index (χ1) is 10.9. The van der Waals surface area contributed by atoms with E-state index in [1.807, 2.05) is 4.90 Å². The van der Waals surface area contributed by atoms with Crippen LogP contribution < -0.4 is 5.56 Å². The molecule has 2 fully saturated rings. The highest BCUT2D eigenvalue weighted by molar-refractivity contribution is 5.79. The number of aromatic nitrogens is 2. The second-order valence-electron chi connectivity index (χ2n) is 7.03. The number of amides is 1. The molecule has 1 amide bonds. The molecule has 2 N–H and O–H groups in total. The van der Waals surface area contributed by atoms with Crippen molar-refractivity contribution in [3.8, 4) is 0 Å². The summed E-state index contributed by atoms with van der Waals surface area (Å²) < 4.78 is 0. The first-order valence-corrected chi connectivity index (χ1v) is 8.45. The number of nitrogens with zero attached hydrogens (tertiary/aromatic N) is 2. The van der Waals surface area contributed by atoms with E-state index < -0.39 is 5.60 Å². The summed E-state index contributed by atoms with van der Waals surface area (Å²) in [6.45, 7) is 4.67. The first-order valence-electron chi connectivity index (χ1n) is 8.45. The van der Waals surface area contributed by atoms with Gasteiger partial charge in [-0.2, -0.15) is 0 Å². The first kappa shape index (κ1) is 16.2. The van der Waals surface area contributed by atoms with Crippen LogP contribution in [-0.2, 0) is 11.2 Å². The Bertz CT molecular complexity index is 670. The Morgan fingerprint density at radius 3 is 2.91 bits per heavy atom. The lowest BCUT2D eigenvalue weighted by Gasteiger charge is -2.47. The average Bonchev–Trinajstić information content (AvgIpc) is 2.49. The molecule has 1 saturated heterocycles. The Morgan fingerprint density at radius 1 is 1.39 bits per heavy atom. The van der Waals surface area contributed by atoms with Crippen LogP contribution >= 0.6 is 0 Å². The molecular weight excluding hydrogens is 294 g/mol. The van der Waals surface area contributed by atoms with E-state index in [4.69, 9.17) is 0 Å². The van der Waals surface area contributed by atoms with E-state index >= 15 is 0 Å². The minimum Gasteiger partial charge on any atom is -0.389 e. The summed E-state index contributed by atoms with van der Waals surface area (Å²) in [4.78, 5) is 33.4. The number of likely N-dealkylation sites (tertiary alicyclic amines) is 1. The van der Waals surface area contributed by atoms with Gasteiger partial charge in [-0.15, -0.1) is 0 Å². The second kappa shape index (κ2) is 6.07. The van der Waals surface area contributed by atoms with Crippen molar-refractivity contribution in [3.05, 3.63) is 27.4 Å². The molecule has 1 aromatic rings. The summed E-state index contributed by atoms with van der Waals surface area (Å²) in [5, 5.41) is 10.7. The van der Waals surface area contributed by atoms with Crippen LogP contribution in [-0.4, -0.2) is 44.6 Å². The van der Waals surface area contributed by atoms with Crippen LogP contribution in [0.25, 0.3) is 0 Å². The molecule has 2 heterocycles. The largest absolute Gasteiger partial charge is 0.389 e. The van der Waals surface area contributed by atoms with Gasteiger partial charge in [-0.25, -0.2) is 4.98 Å². The Kier molecular flexibility index (Phi) is 4.27. The fourth-order valence-corrected chi connectivity index (χ4v) is 4.02. The van der Waals surface area contributed by atoms with Gasteiger partial charge in [0.1, 0.15) is 5.82 Å². The number of carbonyl (C=O) groups excluding carboxylic acids is 1. The maximum atomic E-state index is 12.6. The number of hydrogen-bond donors (Lipinski definition) is 2. The number of hydrogen-bond acceptors (Lipinski definition) is 4. The average molecular weight is 319 g/mol. The number of aromatic amines is 1. The maximum absolute atomic E-state index is 12.6. The topological polar surface area (TPSA) is 86.3 Å². The number of aryl methyl sites for hydroxylation is 2. The summed E-state index contributed by atoms with van der Waals surface area (Å²) in [5.41, 5.74) is 0.249. The van der Waals surface area contributed by atoms with Gasteiger partial charge in [0, 0.05) is 30.3 Å². The molecule has 0 unspecified atom stereocenters. The van der Waals surface area contributed by atoms with E-state index in [0.29, 0.717) is 36.6 Å². The van der Waals surface area contributed by atoms with Gasteiger partial charge in [-0.05, 0) is 33.1 Å². The van der Waals surface area contributed by atoms with Gasteiger partial charge < -0.3 is 15.0 Å². The van der Waals surface area contributed by atoms with E-state index in [-0.39, 0.29) is 23.8 Å². The van der Waals surface area contributed by atoms with Crippen molar-refractivity contribution in [1.82, 2.24) is 14.9 Å². The van der Waals surface area contributed by atoms with Crippen LogP contribution in [0.5, 0.6) is 0 Å². The summed E-state index contributed by atoms with van der Waals surface area (Å²) >= 11 is 0. The summed E-state index contributed by atoms with van der Waals surface area (Å²) in [6, 6.07) is 0. The predicted molar refractivity (Wildman–Crippen MR) is 86.1 cm³/mol. The second-order valence-corrected chi connectivity index (χ2v) is 7.03. The zero-order valence-electron chi connectivity index (χ0n) is 13.9. The Labute approximate surface area is 135 Å². The van der Waals surface area contributed by atoms with E-state index in [1.54, 1.807) is 13.8 Å². The highest BCUT2D eigenvalue weighted by atomic mass is 16.3. The molecule has 0 bridgehead atoms. The van der Waals surface area contributed by atoms with Gasteiger partial charge in [-0.1, -0.05) is 12.8 Å². The van der Waals surface area contributed by atoms with Gasteiger partial charge in [-0.3, -0.25) is 9.59 Å². The predicted octanol–water partition coefficient (Wildman–Crippen LogP) is 1.08. The lowest BCUT2D eigenvalue weighted by molar-refractivity contribution is -0.142. The maximum Gasteiger partial charge on any atom is 0.254 e. The lowest BCUT2D eigenvalue weighted by atomic mass is 9.71. The molecule has 3 rings (SSSR count). The minimum absolute atomic E-state index is 0.0446. The van der Waals surface area contributed by atoms with Crippen LogP contribution in [0.3, 0.4) is 0 Å². The number of fused-ring (bicyclic) bond motifs is 1. The van der Waals surface area contributed by atoms with Gasteiger partial charge in [0.2, 0.25) is 5.91 Å². The normalized spacial score (nSPS) is 27.6. The number of rotatable bonds is 2. The quantitative estimate of drug-likeness (QED) is 0.854. The van der Waals surface area contributed by atoms with Crippen LogP contribution in [0, 0.1) is 19.8 Å². The highest BCUT2D eigenvalue weighted by Crippen LogP contribution is 2.39. The molecular formula is C17H25N3O3. The molecule has 2 atom stereocenters. The fraction of sp³-hybridized carbons (Fsp3) is 0.706. The third-order valence-corrected chi connectivity index (χ3v) is 5.45. The van der Waals surface area contributed by atoms with Crippen molar-refractivity contribution in [2.75, 3.05) is 13.1 Å². The van der Waals surface area contributed by atoms with Crippen molar-refractivity contribution in [2.24, 2.45) is 5.92 Å². The van der Waals surface area contributed by atoms with Gasteiger partial charge in [0.25, 0.3) is 5.56 Å². The number of piperidine rings is 1. The van der Waals surface area contributed by atoms with Crippen molar-refractivity contribution < 1.29 is 9.90 Å². The molecule has 0 aromatic carbocycles. The lowest BCUT2D eigenvalue weighted by Crippen LogP contribution is -2.55. The third-order valence-electron chi connectivity index (χ3n) is 5.45. The van der Waals surface area contributed by atoms with Crippen molar-refractivity contribution >= 4 is 5.91 Å². The molecule has 1 aliphatic carbocycles. The van der Waals surface area contributed by atoms with Crippen molar-refractivity contribution in [1.29, 1.82) is 0 Å². The van der Waals surface area contributed by atoms with Crippen LogP contribution in [0.15, 0.2) is 4.79 Å². The number of aliphatic hydroxyl groups is 1. The molecule has 1 aliphatic heterocycles. The molecule has 1 saturated carbocycles. The van der Waals surface area contributed by atoms with Gasteiger partial charge >= 0.3 is 0 Å². The molecule has 6 nitrogen and oxygen atoms in total. The molecule has 1 aromatic heterocycles. The highest BCUT2D eigenvalue weighted by Gasteiger charge is 2.43. The van der Waals surface area contributed by atoms with E-state index in [0.717, 1.165) is 25.7 Å². The molecule has 2 aliphatic rings. The Hall–Kier alpha value is -1.69. The smallest absolute Gasteiger partial charge is 0.254 e. The number of H-pyrrole nitrogens is 1. The summed E-state index contributed by atoms with van der Waals surface area (Å²) in [5.74, 6) is 0.690. The zero-order chi connectivity index (χ0) is 16.6. The Morgan fingerprint density at radius 2 is 2.17 bits per heavy atom. The monoisotopic (exact) mass is 319 g/mol. The van der Waals surface area contributed by atoms with Gasteiger partial charge in [0.15, 0.2) is 0 Å². The summed E-state index contributed by atoms with van der Waals surface area (Å²) in [6.07, 6.45) is 4.75. The zero-order valence-corrected chi connectivity index (χ0v) is 13.9. The standard InChI is InChI=1S/C17H25N3O3/c1-11-14(16(22)19-12(2)18-11)9-15(21)20-8-7-17(23)6-4-3-5-13(17)10-20/h13,23H,3-10H2,1-2H3,(H,18,19,22)/t13-,17-/m0/s1. The Balaban J connectivity index is 1.71. The number of carbonyl (C=O) groups is 1. The van der Waals surface area contributed by atoms with Crippen LogP contribution in [0.4, 0.5) is 0 Å². The van der Waals surface area contributed by atoms with Gasteiger partial charge in [0.05, 0.1) is 12.0 Å². The molecule has 0 radical (unpaired) electrons. The molecule has 126 valence electrons. The van der Waals surface area contributed by atoms with E-state index in [1.165, 1.54) is 0 Å².